The molecule has 1 aliphatic carbocycles. The fraction of sp³-hybridized carbons (Fsp3) is 0.308. The van der Waals surface area contributed by atoms with Crippen LogP contribution in [0.4, 0.5) is 13.2 Å². The number of pyridine rings is 1. The highest BCUT2D eigenvalue weighted by atomic mass is 19.4. The van der Waals surface area contributed by atoms with Crippen LogP contribution in [-0.2, 0) is 6.18 Å². The van der Waals surface area contributed by atoms with Crippen LogP contribution in [0.2, 0.25) is 0 Å². The lowest BCUT2D eigenvalue weighted by molar-refractivity contribution is -0.137. The lowest BCUT2D eigenvalue weighted by atomic mass is 10.0. The minimum Gasteiger partial charge on any atom is -0.260 e. The fourth-order valence-corrected chi connectivity index (χ4v) is 2.14. The van der Waals surface area contributed by atoms with E-state index in [1.165, 1.54) is 12.3 Å². The standard InChI is InChI=1S/C13H10F3N/c14-13(15,16)11-10-4-2-1-3-9(10)7-17-12(11)8-5-6-8/h1-4,7-8H,5-6H2. The predicted octanol–water partition coefficient (Wildman–Crippen LogP) is 4.13. The summed E-state index contributed by atoms with van der Waals surface area (Å²) in [6.07, 6.45) is -1.16. The maximum atomic E-state index is 13.1. The molecule has 1 aromatic carbocycles. The molecule has 1 aromatic heterocycles. The van der Waals surface area contributed by atoms with Crippen LogP contribution in [0.3, 0.4) is 0 Å². The van der Waals surface area contributed by atoms with Crippen molar-refractivity contribution < 1.29 is 13.2 Å². The van der Waals surface area contributed by atoms with Gasteiger partial charge in [0.1, 0.15) is 0 Å². The molecular formula is C13H10F3N. The van der Waals surface area contributed by atoms with Crippen molar-refractivity contribution in [2.75, 3.05) is 0 Å². The molecule has 2 aromatic rings. The molecule has 3 rings (SSSR count). The number of hydrogen-bond acceptors (Lipinski definition) is 1. The average Bonchev–Trinajstić information content (AvgIpc) is 3.10. The van der Waals surface area contributed by atoms with Gasteiger partial charge in [0.05, 0.1) is 11.3 Å². The molecule has 0 saturated heterocycles. The van der Waals surface area contributed by atoms with Gasteiger partial charge < -0.3 is 0 Å². The van der Waals surface area contributed by atoms with Gasteiger partial charge in [-0.15, -0.1) is 0 Å². The van der Waals surface area contributed by atoms with E-state index < -0.39 is 11.7 Å². The molecule has 4 heteroatoms. The minimum absolute atomic E-state index is 0.00349. The number of benzene rings is 1. The van der Waals surface area contributed by atoms with Gasteiger partial charge in [-0.1, -0.05) is 24.3 Å². The first kappa shape index (κ1) is 10.6. The van der Waals surface area contributed by atoms with Crippen LogP contribution >= 0.6 is 0 Å². The van der Waals surface area contributed by atoms with E-state index in [1.807, 2.05) is 0 Å². The third-order valence-corrected chi connectivity index (χ3v) is 3.08. The minimum atomic E-state index is -4.33. The Bertz CT molecular complexity index is 570. The molecule has 1 fully saturated rings. The van der Waals surface area contributed by atoms with Crippen LogP contribution in [-0.4, -0.2) is 4.98 Å². The molecule has 17 heavy (non-hydrogen) atoms. The Balaban J connectivity index is 2.34. The van der Waals surface area contributed by atoms with Crippen molar-refractivity contribution >= 4 is 10.8 Å². The molecule has 88 valence electrons. The van der Waals surface area contributed by atoms with Crippen molar-refractivity contribution in [3.63, 3.8) is 0 Å². The molecule has 0 spiro atoms. The van der Waals surface area contributed by atoms with E-state index in [1.54, 1.807) is 18.2 Å². The molecule has 0 amide bonds. The van der Waals surface area contributed by atoms with Crippen molar-refractivity contribution in [3.8, 4) is 0 Å². The number of fused-ring (bicyclic) bond motifs is 1. The molecule has 0 radical (unpaired) electrons. The van der Waals surface area contributed by atoms with E-state index in [0.717, 1.165) is 12.8 Å². The Kier molecular flexibility index (Phi) is 2.15. The van der Waals surface area contributed by atoms with Crippen molar-refractivity contribution in [3.05, 3.63) is 41.7 Å². The highest BCUT2D eigenvalue weighted by Crippen LogP contribution is 2.46. The van der Waals surface area contributed by atoms with Crippen molar-refractivity contribution in [1.82, 2.24) is 4.98 Å². The summed E-state index contributed by atoms with van der Waals surface area (Å²) in [6, 6.07) is 6.54. The highest BCUT2D eigenvalue weighted by Gasteiger charge is 2.40. The van der Waals surface area contributed by atoms with Crippen molar-refractivity contribution in [2.45, 2.75) is 24.9 Å². The summed E-state index contributed by atoms with van der Waals surface area (Å²) in [5.41, 5.74) is -0.325. The first-order valence-corrected chi connectivity index (χ1v) is 5.52. The van der Waals surface area contributed by atoms with E-state index in [-0.39, 0.29) is 17.0 Å². The van der Waals surface area contributed by atoms with Gasteiger partial charge in [0, 0.05) is 17.5 Å². The maximum absolute atomic E-state index is 13.1. The van der Waals surface area contributed by atoms with Crippen LogP contribution < -0.4 is 0 Å². The van der Waals surface area contributed by atoms with E-state index in [4.69, 9.17) is 0 Å². The molecule has 0 atom stereocenters. The largest absolute Gasteiger partial charge is 0.418 e. The summed E-state index contributed by atoms with van der Waals surface area (Å²) in [4.78, 5) is 4.02. The number of alkyl halides is 3. The van der Waals surface area contributed by atoms with Crippen molar-refractivity contribution in [1.29, 1.82) is 0 Å². The smallest absolute Gasteiger partial charge is 0.260 e. The van der Waals surface area contributed by atoms with Gasteiger partial charge in [0.25, 0.3) is 0 Å². The van der Waals surface area contributed by atoms with E-state index in [0.29, 0.717) is 5.39 Å². The topological polar surface area (TPSA) is 12.9 Å². The van der Waals surface area contributed by atoms with Gasteiger partial charge in [-0.2, -0.15) is 13.2 Å². The van der Waals surface area contributed by atoms with Crippen LogP contribution in [0.5, 0.6) is 0 Å². The first-order chi connectivity index (χ1) is 8.07. The molecule has 1 heterocycles. The number of halogens is 3. The predicted molar refractivity (Wildman–Crippen MR) is 58.7 cm³/mol. The third kappa shape index (κ3) is 1.77. The molecule has 1 saturated carbocycles. The molecule has 0 unspecified atom stereocenters. The molecule has 0 bridgehead atoms. The van der Waals surface area contributed by atoms with E-state index in [9.17, 15) is 13.2 Å². The Morgan fingerprint density at radius 1 is 1.12 bits per heavy atom. The van der Waals surface area contributed by atoms with Crippen LogP contribution in [0.15, 0.2) is 30.5 Å². The van der Waals surface area contributed by atoms with Gasteiger partial charge in [0.15, 0.2) is 0 Å². The Labute approximate surface area is 96.3 Å². The van der Waals surface area contributed by atoms with Gasteiger partial charge in [0.2, 0.25) is 0 Å². The molecular weight excluding hydrogens is 227 g/mol. The second kappa shape index (κ2) is 3.45. The van der Waals surface area contributed by atoms with Crippen molar-refractivity contribution in [2.24, 2.45) is 0 Å². The number of hydrogen-bond donors (Lipinski definition) is 0. The summed E-state index contributed by atoms with van der Waals surface area (Å²) in [6.45, 7) is 0. The van der Waals surface area contributed by atoms with Gasteiger partial charge >= 0.3 is 6.18 Å². The highest BCUT2D eigenvalue weighted by molar-refractivity contribution is 5.86. The number of nitrogens with zero attached hydrogens (tertiary/aromatic N) is 1. The van der Waals surface area contributed by atoms with Gasteiger partial charge in [-0.25, -0.2) is 0 Å². The number of aromatic nitrogens is 1. The summed E-state index contributed by atoms with van der Waals surface area (Å²) in [5, 5.41) is 0.807. The fourth-order valence-electron chi connectivity index (χ4n) is 2.14. The maximum Gasteiger partial charge on any atom is 0.418 e. The molecule has 1 aliphatic rings. The summed E-state index contributed by atoms with van der Waals surface area (Å²) >= 11 is 0. The normalized spacial score (nSPS) is 16.4. The third-order valence-electron chi connectivity index (χ3n) is 3.08. The lowest BCUT2D eigenvalue weighted by Crippen LogP contribution is -2.11. The Morgan fingerprint density at radius 2 is 1.82 bits per heavy atom. The second-order valence-corrected chi connectivity index (χ2v) is 4.38. The zero-order chi connectivity index (χ0) is 12.0. The molecule has 0 aliphatic heterocycles. The van der Waals surface area contributed by atoms with Crippen LogP contribution in [0.1, 0.15) is 30.0 Å². The average molecular weight is 237 g/mol. The summed E-state index contributed by atoms with van der Waals surface area (Å²) in [7, 11) is 0. The Hall–Kier alpha value is -1.58. The van der Waals surface area contributed by atoms with Gasteiger partial charge in [-0.05, 0) is 18.2 Å². The molecule has 0 N–H and O–H groups in total. The molecule has 1 nitrogen and oxygen atoms in total. The quantitative estimate of drug-likeness (QED) is 0.726. The van der Waals surface area contributed by atoms with Gasteiger partial charge in [-0.3, -0.25) is 4.98 Å². The van der Waals surface area contributed by atoms with E-state index >= 15 is 0 Å². The number of rotatable bonds is 1. The van der Waals surface area contributed by atoms with E-state index in [2.05, 4.69) is 4.98 Å². The Morgan fingerprint density at radius 3 is 2.47 bits per heavy atom. The summed E-state index contributed by atoms with van der Waals surface area (Å²) < 4.78 is 39.4. The monoisotopic (exact) mass is 237 g/mol. The SMILES string of the molecule is FC(F)(F)c1c(C2CC2)ncc2ccccc12. The second-order valence-electron chi connectivity index (χ2n) is 4.38. The summed E-state index contributed by atoms with van der Waals surface area (Å²) in [5.74, 6) is -0.00349. The first-order valence-electron chi connectivity index (χ1n) is 5.52. The lowest BCUT2D eigenvalue weighted by Gasteiger charge is -2.14. The van der Waals surface area contributed by atoms with Crippen LogP contribution in [0, 0.1) is 0 Å². The zero-order valence-corrected chi connectivity index (χ0v) is 8.96. The zero-order valence-electron chi connectivity index (χ0n) is 8.96. The van der Waals surface area contributed by atoms with Crippen LogP contribution in [0.25, 0.3) is 10.8 Å².